The third-order valence-electron chi connectivity index (χ3n) is 5.73. The summed E-state index contributed by atoms with van der Waals surface area (Å²) in [5.41, 5.74) is 3.20. The summed E-state index contributed by atoms with van der Waals surface area (Å²) in [6.07, 6.45) is 2.36. The van der Waals surface area contributed by atoms with Gasteiger partial charge in [-0.25, -0.2) is 0 Å². The van der Waals surface area contributed by atoms with Crippen LogP contribution in [0.5, 0.6) is 11.5 Å². The van der Waals surface area contributed by atoms with E-state index >= 15 is 0 Å². The Morgan fingerprint density at radius 2 is 1.86 bits per heavy atom. The normalized spacial score (nSPS) is 22.0. The van der Waals surface area contributed by atoms with E-state index in [1.807, 2.05) is 36.4 Å². The molecule has 0 saturated carbocycles. The Kier molecular flexibility index (Phi) is 4.23. The summed E-state index contributed by atoms with van der Waals surface area (Å²) in [5.74, 6) is 1.35. The molecule has 1 unspecified atom stereocenters. The van der Waals surface area contributed by atoms with Gasteiger partial charge in [-0.2, -0.15) is 0 Å². The van der Waals surface area contributed by atoms with Crippen molar-refractivity contribution in [3.63, 3.8) is 0 Å². The van der Waals surface area contributed by atoms with Gasteiger partial charge >= 0.3 is 0 Å². The molecule has 5 nitrogen and oxygen atoms in total. The van der Waals surface area contributed by atoms with E-state index in [4.69, 9.17) is 9.47 Å². The lowest BCUT2D eigenvalue weighted by atomic mass is 9.81. The summed E-state index contributed by atoms with van der Waals surface area (Å²) in [6, 6.07) is 19.8. The van der Waals surface area contributed by atoms with Gasteiger partial charge in [0.05, 0.1) is 6.61 Å². The fraction of sp³-hybridized carbons (Fsp3) is 0.250. The van der Waals surface area contributed by atoms with Gasteiger partial charge in [0.15, 0.2) is 6.10 Å². The van der Waals surface area contributed by atoms with Crippen molar-refractivity contribution in [3.8, 4) is 11.5 Å². The Balaban J connectivity index is 1.53. The van der Waals surface area contributed by atoms with Crippen LogP contribution in [0.4, 0.5) is 0 Å². The standard InChI is InChI=1S/C24H22N2O3/c1-16-8-10-18(11-9-16)24(12-14-28-20-7-4-13-25-22(20)24)26-23(27)21-15-17-5-2-3-6-19(17)29-21/h2-11,13,21H,12,14-15H2,1H3,(H,26,27)/t21?,24-/m0/s1. The molecule has 1 amide bonds. The van der Waals surface area contributed by atoms with Gasteiger partial charge in [0.25, 0.3) is 5.91 Å². The van der Waals surface area contributed by atoms with Crippen LogP contribution < -0.4 is 14.8 Å². The number of fused-ring (bicyclic) bond motifs is 2. The van der Waals surface area contributed by atoms with Crippen molar-refractivity contribution >= 4 is 5.91 Å². The van der Waals surface area contributed by atoms with Crippen LogP contribution in [0.25, 0.3) is 0 Å². The number of para-hydroxylation sites is 1. The van der Waals surface area contributed by atoms with E-state index in [-0.39, 0.29) is 5.91 Å². The lowest BCUT2D eigenvalue weighted by molar-refractivity contribution is -0.129. The monoisotopic (exact) mass is 386 g/mol. The summed E-state index contributed by atoms with van der Waals surface area (Å²) in [6.45, 7) is 2.55. The number of aryl methyl sites for hydroxylation is 1. The lowest BCUT2D eigenvalue weighted by Crippen LogP contribution is -2.53. The van der Waals surface area contributed by atoms with Gasteiger partial charge in [-0.3, -0.25) is 9.78 Å². The molecule has 5 heteroatoms. The van der Waals surface area contributed by atoms with Gasteiger partial charge in [0.2, 0.25) is 0 Å². The van der Waals surface area contributed by atoms with Crippen molar-refractivity contribution in [1.82, 2.24) is 10.3 Å². The molecule has 0 bridgehead atoms. The maximum absolute atomic E-state index is 13.3. The molecule has 2 aliphatic heterocycles. The van der Waals surface area contributed by atoms with E-state index in [9.17, 15) is 4.79 Å². The van der Waals surface area contributed by atoms with Crippen LogP contribution in [-0.4, -0.2) is 23.6 Å². The number of aromatic nitrogens is 1. The second kappa shape index (κ2) is 6.92. The minimum atomic E-state index is -0.752. The van der Waals surface area contributed by atoms with Crippen molar-refractivity contribution in [2.75, 3.05) is 6.61 Å². The van der Waals surface area contributed by atoms with Gasteiger partial charge in [-0.15, -0.1) is 0 Å². The first-order valence-corrected chi connectivity index (χ1v) is 9.88. The molecule has 3 aromatic rings. The van der Waals surface area contributed by atoms with Crippen LogP contribution in [0.15, 0.2) is 66.9 Å². The summed E-state index contributed by atoms with van der Waals surface area (Å²) >= 11 is 0. The number of ether oxygens (including phenoxy) is 2. The Labute approximate surface area is 169 Å². The molecule has 3 heterocycles. The highest BCUT2D eigenvalue weighted by molar-refractivity contribution is 5.84. The molecular formula is C24H22N2O3. The third kappa shape index (κ3) is 3.03. The first-order chi connectivity index (χ1) is 14.2. The smallest absolute Gasteiger partial charge is 0.262 e. The molecule has 0 saturated heterocycles. The molecule has 29 heavy (non-hydrogen) atoms. The quantitative estimate of drug-likeness (QED) is 0.748. The molecular weight excluding hydrogens is 364 g/mol. The average Bonchev–Trinajstić information content (AvgIpc) is 3.19. The predicted octanol–water partition coefficient (Wildman–Crippen LogP) is 3.54. The van der Waals surface area contributed by atoms with Crippen LogP contribution in [0, 0.1) is 6.92 Å². The van der Waals surface area contributed by atoms with Crippen LogP contribution in [0.1, 0.15) is 28.8 Å². The first kappa shape index (κ1) is 17.7. The highest BCUT2D eigenvalue weighted by atomic mass is 16.5. The molecule has 2 aromatic carbocycles. The molecule has 1 aromatic heterocycles. The fourth-order valence-electron chi connectivity index (χ4n) is 4.19. The molecule has 146 valence electrons. The largest absolute Gasteiger partial charge is 0.491 e. The Bertz CT molecular complexity index is 1040. The van der Waals surface area contributed by atoms with Crippen molar-refractivity contribution in [3.05, 3.63) is 89.2 Å². The van der Waals surface area contributed by atoms with Gasteiger partial charge < -0.3 is 14.8 Å². The van der Waals surface area contributed by atoms with E-state index < -0.39 is 11.6 Å². The molecule has 5 rings (SSSR count). The molecule has 0 spiro atoms. The van der Waals surface area contributed by atoms with Crippen molar-refractivity contribution in [2.24, 2.45) is 0 Å². The number of rotatable bonds is 3. The summed E-state index contributed by atoms with van der Waals surface area (Å²) in [4.78, 5) is 17.9. The minimum absolute atomic E-state index is 0.139. The zero-order valence-corrected chi connectivity index (χ0v) is 16.2. The van der Waals surface area contributed by atoms with Crippen LogP contribution in [0.3, 0.4) is 0 Å². The molecule has 1 N–H and O–H groups in total. The molecule has 0 fully saturated rings. The Morgan fingerprint density at radius 1 is 1.07 bits per heavy atom. The van der Waals surface area contributed by atoms with Crippen molar-refractivity contribution in [1.29, 1.82) is 0 Å². The van der Waals surface area contributed by atoms with Crippen molar-refractivity contribution < 1.29 is 14.3 Å². The Hall–Kier alpha value is -3.34. The molecule has 2 atom stereocenters. The third-order valence-corrected chi connectivity index (χ3v) is 5.73. The van der Waals surface area contributed by atoms with E-state index in [1.165, 1.54) is 0 Å². The number of pyridine rings is 1. The molecule has 2 aliphatic rings. The van der Waals surface area contributed by atoms with Gasteiger partial charge in [-0.1, -0.05) is 48.0 Å². The number of carbonyl (C=O) groups excluding carboxylic acids is 1. The van der Waals surface area contributed by atoms with Gasteiger partial charge in [0.1, 0.15) is 22.7 Å². The highest BCUT2D eigenvalue weighted by Gasteiger charge is 2.44. The maximum atomic E-state index is 13.3. The summed E-state index contributed by atoms with van der Waals surface area (Å²) in [7, 11) is 0. The average molecular weight is 386 g/mol. The summed E-state index contributed by atoms with van der Waals surface area (Å²) < 4.78 is 11.8. The second-order valence-corrected chi connectivity index (χ2v) is 7.63. The SMILES string of the molecule is Cc1ccc([C@@]2(NC(=O)C3Cc4ccccc4O3)CCOc3cccnc32)cc1. The Morgan fingerprint density at radius 3 is 2.69 bits per heavy atom. The minimum Gasteiger partial charge on any atom is -0.491 e. The second-order valence-electron chi connectivity index (χ2n) is 7.63. The number of amides is 1. The number of benzene rings is 2. The summed E-state index contributed by atoms with van der Waals surface area (Å²) in [5, 5.41) is 3.29. The van der Waals surface area contributed by atoms with Gasteiger partial charge in [-0.05, 0) is 36.2 Å². The van der Waals surface area contributed by atoms with E-state index in [0.717, 1.165) is 28.1 Å². The number of hydrogen-bond donors (Lipinski definition) is 1. The molecule has 0 aliphatic carbocycles. The van der Waals surface area contributed by atoms with Crippen LogP contribution in [-0.2, 0) is 16.8 Å². The number of hydrogen-bond acceptors (Lipinski definition) is 4. The van der Waals surface area contributed by atoms with E-state index in [0.29, 0.717) is 25.2 Å². The van der Waals surface area contributed by atoms with Crippen molar-refractivity contribution in [2.45, 2.75) is 31.4 Å². The number of nitrogens with zero attached hydrogens (tertiary/aromatic N) is 1. The number of carbonyl (C=O) groups is 1. The highest BCUT2D eigenvalue weighted by Crippen LogP contribution is 2.41. The zero-order chi connectivity index (χ0) is 19.8. The van der Waals surface area contributed by atoms with Crippen LogP contribution >= 0.6 is 0 Å². The fourth-order valence-corrected chi connectivity index (χ4v) is 4.19. The van der Waals surface area contributed by atoms with E-state index in [1.54, 1.807) is 6.20 Å². The molecule has 0 radical (unpaired) electrons. The van der Waals surface area contributed by atoms with E-state index in [2.05, 4.69) is 41.5 Å². The van der Waals surface area contributed by atoms with Crippen LogP contribution in [0.2, 0.25) is 0 Å². The lowest BCUT2D eigenvalue weighted by Gasteiger charge is -2.39. The predicted molar refractivity (Wildman–Crippen MR) is 109 cm³/mol. The zero-order valence-electron chi connectivity index (χ0n) is 16.2. The maximum Gasteiger partial charge on any atom is 0.262 e. The topological polar surface area (TPSA) is 60.5 Å². The first-order valence-electron chi connectivity index (χ1n) is 9.88. The van der Waals surface area contributed by atoms with Gasteiger partial charge in [0, 0.05) is 19.0 Å². The number of nitrogens with one attached hydrogen (secondary N) is 1.